The van der Waals surface area contributed by atoms with E-state index in [2.05, 4.69) is 24.0 Å². The predicted octanol–water partition coefficient (Wildman–Crippen LogP) is 4.54. The van der Waals surface area contributed by atoms with Crippen molar-refractivity contribution in [2.45, 2.75) is 26.4 Å². The minimum Gasteiger partial charge on any atom is -0.465 e. The van der Waals surface area contributed by atoms with E-state index in [-0.39, 0.29) is 17.9 Å². The third-order valence-corrected chi connectivity index (χ3v) is 5.92. The molecule has 170 valence electrons. The number of rotatable bonds is 5. The zero-order valence-corrected chi connectivity index (χ0v) is 19.1. The summed E-state index contributed by atoms with van der Waals surface area (Å²) in [6, 6.07) is 18.7. The van der Waals surface area contributed by atoms with Crippen LogP contribution < -0.4 is 4.90 Å². The van der Waals surface area contributed by atoms with Crippen LogP contribution in [0.5, 0.6) is 0 Å². The van der Waals surface area contributed by atoms with Gasteiger partial charge < -0.3 is 9.30 Å². The molecule has 0 unspecified atom stereocenters. The number of ether oxygens (including phenoxy) is 1. The van der Waals surface area contributed by atoms with Crippen LogP contribution in [-0.2, 0) is 11.3 Å². The van der Waals surface area contributed by atoms with Crippen LogP contribution in [0.3, 0.4) is 0 Å². The fourth-order valence-electron chi connectivity index (χ4n) is 4.08. The summed E-state index contributed by atoms with van der Waals surface area (Å²) in [6.07, 6.45) is 1.68. The molecule has 8 nitrogen and oxygen atoms in total. The summed E-state index contributed by atoms with van der Waals surface area (Å²) in [5, 5.41) is 8.24. The summed E-state index contributed by atoms with van der Waals surface area (Å²) < 4.78 is 6.71. The molecular formula is C26H23N5O3. The molecule has 0 radical (unpaired) electrons. The number of pyridine rings is 1. The average molecular weight is 454 g/mol. The van der Waals surface area contributed by atoms with Crippen molar-refractivity contribution in [1.29, 1.82) is 0 Å². The summed E-state index contributed by atoms with van der Waals surface area (Å²) in [7, 11) is 1.36. The van der Waals surface area contributed by atoms with E-state index in [1.165, 1.54) is 7.11 Å². The first-order valence-corrected chi connectivity index (χ1v) is 11.0. The number of carbonyl (C=O) groups excluding carboxylic acids is 2. The number of fused-ring (bicyclic) bond motifs is 1. The Morgan fingerprint density at radius 1 is 1.03 bits per heavy atom. The van der Waals surface area contributed by atoms with Crippen LogP contribution in [0.4, 0.5) is 5.82 Å². The molecule has 34 heavy (non-hydrogen) atoms. The van der Waals surface area contributed by atoms with Gasteiger partial charge in [-0.2, -0.15) is 0 Å². The second-order valence-corrected chi connectivity index (χ2v) is 8.37. The van der Waals surface area contributed by atoms with Gasteiger partial charge in [-0.15, -0.1) is 10.2 Å². The standard InChI is InChI=1S/C26H23N5O3/c1-16(2)31-15-27-29-24(31)22-5-4-6-23(28-22)30-14-20-12-11-19(13-21(20)25(30)32)17-7-9-18(10-8-17)26(33)34-3/h4-13,15-16H,14H2,1-3H3. The molecular weight excluding hydrogens is 430 g/mol. The summed E-state index contributed by atoms with van der Waals surface area (Å²) >= 11 is 0. The van der Waals surface area contributed by atoms with Crippen LogP contribution >= 0.6 is 0 Å². The van der Waals surface area contributed by atoms with Crippen LogP contribution in [0.25, 0.3) is 22.6 Å². The van der Waals surface area contributed by atoms with E-state index < -0.39 is 0 Å². The topological polar surface area (TPSA) is 90.2 Å². The number of hydrogen-bond donors (Lipinski definition) is 0. The molecule has 0 fully saturated rings. The summed E-state index contributed by atoms with van der Waals surface area (Å²) in [4.78, 5) is 31.4. The molecule has 0 saturated carbocycles. The molecule has 2 aromatic carbocycles. The Morgan fingerprint density at radius 3 is 2.53 bits per heavy atom. The number of aromatic nitrogens is 4. The number of amides is 1. The van der Waals surface area contributed by atoms with Crippen molar-refractivity contribution in [2.75, 3.05) is 12.0 Å². The van der Waals surface area contributed by atoms with Crippen molar-refractivity contribution in [3.8, 4) is 22.6 Å². The summed E-state index contributed by atoms with van der Waals surface area (Å²) in [5.74, 6) is 0.755. The van der Waals surface area contributed by atoms with E-state index in [4.69, 9.17) is 9.72 Å². The highest BCUT2D eigenvalue weighted by atomic mass is 16.5. The lowest BCUT2D eigenvalue weighted by Gasteiger charge is -2.16. The molecule has 8 heteroatoms. The molecule has 0 bridgehead atoms. The second kappa shape index (κ2) is 8.55. The first-order chi connectivity index (χ1) is 16.5. The van der Waals surface area contributed by atoms with Gasteiger partial charge in [0.1, 0.15) is 17.8 Å². The minimum atomic E-state index is -0.382. The van der Waals surface area contributed by atoms with Gasteiger partial charge in [0, 0.05) is 11.6 Å². The Labute approximate surface area is 196 Å². The number of hydrogen-bond acceptors (Lipinski definition) is 6. The number of methoxy groups -OCH3 is 1. The van der Waals surface area contributed by atoms with Crippen LogP contribution in [0.2, 0.25) is 0 Å². The number of nitrogens with zero attached hydrogens (tertiary/aromatic N) is 5. The Hall–Kier alpha value is -4.33. The maximum Gasteiger partial charge on any atom is 0.337 e. The molecule has 0 aliphatic carbocycles. The van der Waals surface area contributed by atoms with Crippen molar-refractivity contribution in [3.05, 3.63) is 83.7 Å². The average Bonchev–Trinajstić information content (AvgIpc) is 3.49. The van der Waals surface area contributed by atoms with E-state index >= 15 is 0 Å². The van der Waals surface area contributed by atoms with Crippen LogP contribution in [0.1, 0.15) is 46.2 Å². The predicted molar refractivity (Wildman–Crippen MR) is 127 cm³/mol. The van der Waals surface area contributed by atoms with Crippen molar-refractivity contribution in [2.24, 2.45) is 0 Å². The Morgan fingerprint density at radius 2 is 1.79 bits per heavy atom. The Kier molecular flexibility index (Phi) is 5.41. The van der Waals surface area contributed by atoms with E-state index in [0.717, 1.165) is 16.7 Å². The minimum absolute atomic E-state index is 0.0991. The lowest BCUT2D eigenvalue weighted by molar-refractivity contribution is 0.0600. The SMILES string of the molecule is COC(=O)c1ccc(-c2ccc3c(c2)C(=O)N(c2cccc(-c4nncn4C(C)C)n2)C3)cc1. The summed E-state index contributed by atoms with van der Waals surface area (Å²) in [6.45, 7) is 4.55. The number of anilines is 1. The first-order valence-electron chi connectivity index (χ1n) is 11.0. The van der Waals surface area contributed by atoms with Crippen molar-refractivity contribution in [1.82, 2.24) is 19.7 Å². The molecule has 0 spiro atoms. The number of esters is 1. The zero-order chi connectivity index (χ0) is 23.8. The van der Waals surface area contributed by atoms with E-state index in [1.807, 2.05) is 53.1 Å². The highest BCUT2D eigenvalue weighted by molar-refractivity contribution is 6.10. The van der Waals surface area contributed by atoms with Crippen LogP contribution in [0.15, 0.2) is 67.0 Å². The van der Waals surface area contributed by atoms with Gasteiger partial charge in [0.25, 0.3) is 5.91 Å². The van der Waals surface area contributed by atoms with E-state index in [1.54, 1.807) is 23.4 Å². The number of benzene rings is 2. The fourth-order valence-corrected chi connectivity index (χ4v) is 4.08. The Bertz CT molecular complexity index is 1390. The largest absolute Gasteiger partial charge is 0.465 e. The molecule has 0 N–H and O–H groups in total. The maximum absolute atomic E-state index is 13.3. The van der Waals surface area contributed by atoms with Crippen LogP contribution in [0, 0.1) is 0 Å². The van der Waals surface area contributed by atoms with Gasteiger partial charge in [-0.3, -0.25) is 9.69 Å². The lowest BCUT2D eigenvalue weighted by Crippen LogP contribution is -2.24. The molecule has 1 aliphatic heterocycles. The van der Waals surface area contributed by atoms with Crippen molar-refractivity contribution < 1.29 is 14.3 Å². The molecule has 5 rings (SSSR count). The zero-order valence-electron chi connectivity index (χ0n) is 19.1. The molecule has 2 aromatic heterocycles. The van der Waals surface area contributed by atoms with E-state index in [9.17, 15) is 9.59 Å². The third kappa shape index (κ3) is 3.73. The monoisotopic (exact) mass is 453 g/mol. The van der Waals surface area contributed by atoms with Gasteiger partial charge in [-0.05, 0) is 60.9 Å². The lowest BCUT2D eigenvalue weighted by atomic mass is 9.99. The van der Waals surface area contributed by atoms with Crippen LogP contribution in [-0.4, -0.2) is 38.7 Å². The molecule has 1 amide bonds. The maximum atomic E-state index is 13.3. The van der Waals surface area contributed by atoms with E-state index in [0.29, 0.717) is 35.0 Å². The van der Waals surface area contributed by atoms with Gasteiger partial charge in [-0.1, -0.05) is 30.3 Å². The highest BCUT2D eigenvalue weighted by Gasteiger charge is 2.30. The van der Waals surface area contributed by atoms with Crippen molar-refractivity contribution in [3.63, 3.8) is 0 Å². The number of carbonyl (C=O) groups is 2. The quantitative estimate of drug-likeness (QED) is 0.412. The Balaban J connectivity index is 1.43. The first kappa shape index (κ1) is 21.5. The van der Waals surface area contributed by atoms with Gasteiger partial charge >= 0.3 is 5.97 Å². The molecule has 3 heterocycles. The van der Waals surface area contributed by atoms with Gasteiger partial charge in [0.05, 0.1) is 19.2 Å². The fraction of sp³-hybridized carbons (Fsp3) is 0.192. The third-order valence-electron chi connectivity index (χ3n) is 5.92. The molecule has 1 aliphatic rings. The summed E-state index contributed by atoms with van der Waals surface area (Å²) in [5.41, 5.74) is 4.55. The molecule has 0 saturated heterocycles. The normalized spacial score (nSPS) is 12.8. The highest BCUT2D eigenvalue weighted by Crippen LogP contribution is 2.32. The van der Waals surface area contributed by atoms with Gasteiger partial charge in [-0.25, -0.2) is 9.78 Å². The molecule has 4 aromatic rings. The van der Waals surface area contributed by atoms with Gasteiger partial charge in [0.15, 0.2) is 5.82 Å². The second-order valence-electron chi connectivity index (χ2n) is 8.37. The van der Waals surface area contributed by atoms with Gasteiger partial charge in [0.2, 0.25) is 0 Å². The molecule has 0 atom stereocenters. The smallest absolute Gasteiger partial charge is 0.337 e. The van der Waals surface area contributed by atoms with Crippen molar-refractivity contribution >= 4 is 17.7 Å².